The Morgan fingerprint density at radius 1 is 1.47 bits per heavy atom. The molecule has 0 amide bonds. The normalized spacial score (nSPS) is 11.3. The fourth-order valence-electron chi connectivity index (χ4n) is 2.10. The van der Waals surface area contributed by atoms with Gasteiger partial charge in [-0.15, -0.1) is 11.3 Å². The van der Waals surface area contributed by atoms with Crippen molar-refractivity contribution in [3.63, 3.8) is 0 Å². The van der Waals surface area contributed by atoms with E-state index in [1.807, 2.05) is 19.1 Å². The van der Waals surface area contributed by atoms with E-state index in [-0.39, 0.29) is 0 Å². The summed E-state index contributed by atoms with van der Waals surface area (Å²) in [6.07, 6.45) is 0.901. The molecule has 1 N–H and O–H groups in total. The number of benzene rings is 1. The lowest BCUT2D eigenvalue weighted by Crippen LogP contribution is -2.01. The molecule has 3 aromatic rings. The van der Waals surface area contributed by atoms with Crippen molar-refractivity contribution >= 4 is 50.5 Å². The van der Waals surface area contributed by atoms with Crippen LogP contribution in [0, 0.1) is 11.7 Å². The van der Waals surface area contributed by atoms with Crippen LogP contribution in [-0.2, 0) is 13.0 Å². The van der Waals surface area contributed by atoms with Gasteiger partial charge in [-0.05, 0) is 37.3 Å². The molecule has 2 heterocycles. The monoisotopic (exact) mass is 353 g/mol. The van der Waals surface area contributed by atoms with Gasteiger partial charge < -0.3 is 9.55 Å². The first-order valence-electron chi connectivity index (χ1n) is 5.92. The Labute approximate surface area is 128 Å². The summed E-state index contributed by atoms with van der Waals surface area (Å²) in [5, 5.41) is 3.23. The molecule has 0 bridgehead atoms. The van der Waals surface area contributed by atoms with Crippen molar-refractivity contribution in [3.05, 3.63) is 43.5 Å². The summed E-state index contributed by atoms with van der Waals surface area (Å²) in [5.41, 5.74) is 3.34. The molecular weight excluding hydrogens is 342 g/mol. The van der Waals surface area contributed by atoms with Crippen LogP contribution in [0.25, 0.3) is 11.0 Å². The van der Waals surface area contributed by atoms with Crippen molar-refractivity contribution in [2.24, 2.45) is 0 Å². The first-order valence-corrected chi connectivity index (χ1v) is 8.00. The number of aryl methyl sites for hydroxylation is 3. The average Bonchev–Trinajstić information content (AvgIpc) is 2.90. The van der Waals surface area contributed by atoms with Gasteiger partial charge in [0, 0.05) is 22.8 Å². The lowest BCUT2D eigenvalue weighted by atomic mass is 10.3. The van der Waals surface area contributed by atoms with Gasteiger partial charge in [0.05, 0.1) is 21.7 Å². The van der Waals surface area contributed by atoms with Crippen molar-refractivity contribution in [3.8, 4) is 0 Å². The molecule has 6 heteroatoms. The van der Waals surface area contributed by atoms with Crippen LogP contribution < -0.4 is 0 Å². The van der Waals surface area contributed by atoms with Gasteiger partial charge in [0.1, 0.15) is 0 Å². The Hall–Kier alpha value is -0.980. The van der Waals surface area contributed by atoms with Crippen molar-refractivity contribution in [1.29, 1.82) is 0 Å². The van der Waals surface area contributed by atoms with Gasteiger partial charge in [-0.25, -0.2) is 4.98 Å². The molecule has 1 aromatic carbocycles. The maximum atomic E-state index is 5.39. The topological polar surface area (TPSA) is 33.6 Å². The third-order valence-electron chi connectivity index (χ3n) is 3.00. The summed E-state index contributed by atoms with van der Waals surface area (Å²) >= 11 is 10.6. The lowest BCUT2D eigenvalue weighted by molar-refractivity contribution is 0.697. The molecule has 0 radical (unpaired) electrons. The van der Waals surface area contributed by atoms with E-state index in [4.69, 9.17) is 12.2 Å². The first kappa shape index (κ1) is 13.0. The van der Waals surface area contributed by atoms with E-state index < -0.39 is 0 Å². The second-order valence-corrected chi connectivity index (χ2v) is 6.72. The van der Waals surface area contributed by atoms with E-state index in [0.717, 1.165) is 43.9 Å². The summed E-state index contributed by atoms with van der Waals surface area (Å²) in [7, 11) is 0. The number of aromatic nitrogens is 3. The number of fused-ring (bicyclic) bond motifs is 1. The van der Waals surface area contributed by atoms with Gasteiger partial charge in [0.15, 0.2) is 4.77 Å². The summed E-state index contributed by atoms with van der Waals surface area (Å²) < 4.78 is 3.96. The zero-order chi connectivity index (χ0) is 13.4. The van der Waals surface area contributed by atoms with Crippen molar-refractivity contribution in [2.75, 3.05) is 0 Å². The third-order valence-corrected chi connectivity index (χ3v) is 4.63. The number of H-pyrrole nitrogens is 1. The SMILES string of the molecule is Cc1nc(CCn2c(=S)[nH]c3ccc(Br)cc32)cs1. The van der Waals surface area contributed by atoms with Crippen molar-refractivity contribution in [2.45, 2.75) is 19.9 Å². The van der Waals surface area contributed by atoms with Crippen LogP contribution in [0.4, 0.5) is 0 Å². The Bertz CT molecular complexity index is 785. The number of nitrogens with zero attached hydrogens (tertiary/aromatic N) is 2. The Morgan fingerprint density at radius 2 is 2.32 bits per heavy atom. The number of thiazole rings is 1. The quantitative estimate of drug-likeness (QED) is 0.704. The van der Waals surface area contributed by atoms with Crippen molar-refractivity contribution in [1.82, 2.24) is 14.5 Å². The molecule has 0 spiro atoms. The second-order valence-electron chi connectivity index (χ2n) is 4.35. The molecule has 0 aliphatic heterocycles. The molecule has 0 unspecified atom stereocenters. The Kier molecular flexibility index (Phi) is 3.56. The lowest BCUT2D eigenvalue weighted by Gasteiger charge is -2.03. The minimum atomic E-state index is 0.764. The van der Waals surface area contributed by atoms with Crippen LogP contribution in [0.1, 0.15) is 10.7 Å². The molecule has 0 aliphatic carbocycles. The van der Waals surface area contributed by atoms with Gasteiger partial charge >= 0.3 is 0 Å². The number of aromatic amines is 1. The number of halogens is 1. The minimum Gasteiger partial charge on any atom is -0.331 e. The molecule has 0 atom stereocenters. The fourth-order valence-corrected chi connectivity index (χ4v) is 3.39. The van der Waals surface area contributed by atoms with E-state index in [0.29, 0.717) is 0 Å². The number of rotatable bonds is 3. The van der Waals surface area contributed by atoms with Crippen LogP contribution in [0.2, 0.25) is 0 Å². The summed E-state index contributed by atoms with van der Waals surface area (Å²) in [5.74, 6) is 0. The van der Waals surface area contributed by atoms with Crippen LogP contribution in [0.15, 0.2) is 28.1 Å². The molecule has 2 aromatic heterocycles. The first-order chi connectivity index (χ1) is 9.13. The van der Waals surface area contributed by atoms with Gasteiger partial charge in [-0.1, -0.05) is 15.9 Å². The maximum absolute atomic E-state index is 5.39. The average molecular weight is 354 g/mol. The molecule has 0 fully saturated rings. The highest BCUT2D eigenvalue weighted by Gasteiger charge is 2.06. The smallest absolute Gasteiger partial charge is 0.178 e. The Morgan fingerprint density at radius 3 is 3.05 bits per heavy atom. The van der Waals surface area contributed by atoms with E-state index in [1.165, 1.54) is 0 Å². The van der Waals surface area contributed by atoms with Gasteiger partial charge in [-0.2, -0.15) is 0 Å². The number of nitrogens with one attached hydrogen (secondary N) is 1. The van der Waals surface area contributed by atoms with E-state index in [2.05, 4.69) is 41.9 Å². The third kappa shape index (κ3) is 2.66. The molecule has 0 saturated carbocycles. The largest absolute Gasteiger partial charge is 0.331 e. The second kappa shape index (κ2) is 5.19. The van der Waals surface area contributed by atoms with Crippen molar-refractivity contribution < 1.29 is 0 Å². The fraction of sp³-hybridized carbons (Fsp3) is 0.231. The summed E-state index contributed by atoms with van der Waals surface area (Å²) in [6.45, 7) is 2.88. The molecule has 19 heavy (non-hydrogen) atoms. The molecule has 0 saturated heterocycles. The molecular formula is C13H12BrN3S2. The Balaban J connectivity index is 1.94. The van der Waals surface area contributed by atoms with Crippen LogP contribution in [0.5, 0.6) is 0 Å². The van der Waals surface area contributed by atoms with Gasteiger partial charge in [0.2, 0.25) is 0 Å². The van der Waals surface area contributed by atoms with Gasteiger partial charge in [0.25, 0.3) is 0 Å². The minimum absolute atomic E-state index is 0.764. The van der Waals surface area contributed by atoms with E-state index >= 15 is 0 Å². The van der Waals surface area contributed by atoms with Crippen LogP contribution in [0.3, 0.4) is 0 Å². The van der Waals surface area contributed by atoms with Gasteiger partial charge in [-0.3, -0.25) is 0 Å². The predicted molar refractivity (Wildman–Crippen MR) is 85.4 cm³/mol. The van der Waals surface area contributed by atoms with E-state index in [9.17, 15) is 0 Å². The predicted octanol–water partition coefficient (Wildman–Crippen LogP) is 4.47. The standard InChI is InChI=1S/C13H12BrN3S2/c1-8-15-10(7-19-8)4-5-17-12-6-9(14)2-3-11(12)16-13(17)18/h2-3,6-7H,4-5H2,1H3,(H,16,18). The molecule has 0 aliphatic rings. The number of imidazole rings is 1. The van der Waals surface area contributed by atoms with Crippen LogP contribution in [-0.4, -0.2) is 14.5 Å². The maximum Gasteiger partial charge on any atom is 0.178 e. The zero-order valence-corrected chi connectivity index (χ0v) is 13.5. The molecule has 98 valence electrons. The number of hydrogen-bond acceptors (Lipinski definition) is 3. The molecule has 3 nitrogen and oxygen atoms in total. The highest BCUT2D eigenvalue weighted by molar-refractivity contribution is 9.10. The highest BCUT2D eigenvalue weighted by atomic mass is 79.9. The summed E-state index contributed by atoms with van der Waals surface area (Å²) in [6, 6.07) is 6.15. The zero-order valence-electron chi connectivity index (χ0n) is 10.3. The number of hydrogen-bond donors (Lipinski definition) is 1. The van der Waals surface area contributed by atoms with E-state index in [1.54, 1.807) is 11.3 Å². The van der Waals surface area contributed by atoms with Crippen LogP contribution >= 0.6 is 39.5 Å². The summed E-state index contributed by atoms with van der Waals surface area (Å²) in [4.78, 5) is 7.72. The molecule has 3 rings (SSSR count). The highest BCUT2D eigenvalue weighted by Crippen LogP contribution is 2.20.